The summed E-state index contributed by atoms with van der Waals surface area (Å²) in [6, 6.07) is 0. The number of amides is 2. The molecular formula is C12H20N4O2S. The number of nitrogens with zero attached hydrogens (tertiary/aromatic N) is 2. The number of carbonyl (C=O) groups is 2. The van der Waals surface area contributed by atoms with E-state index in [-0.39, 0.29) is 0 Å². The van der Waals surface area contributed by atoms with E-state index in [0.29, 0.717) is 11.7 Å². The van der Waals surface area contributed by atoms with Crippen LogP contribution in [0.5, 0.6) is 0 Å². The van der Waals surface area contributed by atoms with Crippen molar-refractivity contribution in [2.45, 2.75) is 20.3 Å². The number of aromatic nitrogens is 1. The lowest BCUT2D eigenvalue weighted by atomic mass is 10.4. The van der Waals surface area contributed by atoms with E-state index in [1.807, 2.05) is 32.8 Å². The number of carbonyl (C=O) groups excluding carboxylic acids is 2. The van der Waals surface area contributed by atoms with Crippen molar-refractivity contribution in [3.05, 3.63) is 10.6 Å². The fourth-order valence-corrected chi connectivity index (χ4v) is 2.17. The van der Waals surface area contributed by atoms with Gasteiger partial charge in [0.15, 0.2) is 5.13 Å². The number of hydrogen-bond donors (Lipinski definition) is 2. The van der Waals surface area contributed by atoms with Gasteiger partial charge in [-0.15, -0.1) is 11.3 Å². The molecule has 0 aliphatic heterocycles. The topological polar surface area (TPSA) is 74.3 Å². The summed E-state index contributed by atoms with van der Waals surface area (Å²) in [7, 11) is 3.92. The minimum Gasteiger partial charge on any atom is -0.348 e. The molecule has 106 valence electrons. The van der Waals surface area contributed by atoms with Crippen LogP contribution in [0.4, 0.5) is 5.13 Å². The van der Waals surface area contributed by atoms with Crippen LogP contribution in [0.3, 0.4) is 0 Å². The van der Waals surface area contributed by atoms with E-state index in [1.54, 1.807) is 0 Å². The molecule has 0 fully saturated rings. The van der Waals surface area contributed by atoms with Crippen molar-refractivity contribution in [3.63, 3.8) is 0 Å². The molecule has 0 aromatic carbocycles. The van der Waals surface area contributed by atoms with Crippen molar-refractivity contribution in [3.8, 4) is 0 Å². The third-order valence-electron chi connectivity index (χ3n) is 2.52. The van der Waals surface area contributed by atoms with E-state index in [1.165, 1.54) is 11.3 Å². The van der Waals surface area contributed by atoms with Crippen LogP contribution < -0.4 is 10.6 Å². The Morgan fingerprint density at radius 3 is 2.47 bits per heavy atom. The summed E-state index contributed by atoms with van der Waals surface area (Å²) in [5.41, 5.74) is 0.867. The number of thiazole rings is 1. The highest BCUT2D eigenvalue weighted by atomic mass is 32.1. The molecule has 0 bridgehead atoms. The summed E-state index contributed by atoms with van der Waals surface area (Å²) in [5.74, 6) is -1.29. The Balaban J connectivity index is 2.34. The molecule has 19 heavy (non-hydrogen) atoms. The van der Waals surface area contributed by atoms with Gasteiger partial charge in [0.25, 0.3) is 0 Å². The molecule has 1 heterocycles. The number of rotatable bonds is 5. The first-order chi connectivity index (χ1) is 8.90. The summed E-state index contributed by atoms with van der Waals surface area (Å²) in [5, 5.41) is 5.54. The Kier molecular flexibility index (Phi) is 5.91. The average Bonchev–Trinajstić information content (AvgIpc) is 2.63. The molecule has 0 spiro atoms. The van der Waals surface area contributed by atoms with Crippen molar-refractivity contribution in [1.82, 2.24) is 15.2 Å². The van der Waals surface area contributed by atoms with Gasteiger partial charge in [-0.1, -0.05) is 0 Å². The summed E-state index contributed by atoms with van der Waals surface area (Å²) >= 11 is 1.36. The largest absolute Gasteiger partial charge is 0.348 e. The molecule has 0 saturated heterocycles. The lowest BCUT2D eigenvalue weighted by molar-refractivity contribution is -0.136. The molecule has 6 nitrogen and oxygen atoms in total. The highest BCUT2D eigenvalue weighted by Crippen LogP contribution is 2.20. The Hall–Kier alpha value is -1.47. The monoisotopic (exact) mass is 284 g/mol. The van der Waals surface area contributed by atoms with Crippen molar-refractivity contribution >= 4 is 28.3 Å². The van der Waals surface area contributed by atoms with Crippen molar-refractivity contribution in [2.75, 3.05) is 32.5 Å². The van der Waals surface area contributed by atoms with Crippen LogP contribution in [0.25, 0.3) is 0 Å². The molecule has 2 amide bonds. The molecule has 0 aliphatic carbocycles. The SMILES string of the molecule is Cc1nc(NC(=O)C(=O)NCCCN(C)C)sc1C. The normalized spacial score (nSPS) is 10.6. The van der Waals surface area contributed by atoms with E-state index in [9.17, 15) is 9.59 Å². The van der Waals surface area contributed by atoms with Gasteiger partial charge in [-0.2, -0.15) is 0 Å². The Morgan fingerprint density at radius 1 is 1.26 bits per heavy atom. The number of nitrogens with one attached hydrogen (secondary N) is 2. The molecule has 0 saturated carbocycles. The van der Waals surface area contributed by atoms with Gasteiger partial charge in [0, 0.05) is 11.4 Å². The van der Waals surface area contributed by atoms with E-state index in [4.69, 9.17) is 0 Å². The molecular weight excluding hydrogens is 264 g/mol. The van der Waals surface area contributed by atoms with Crippen molar-refractivity contribution < 1.29 is 9.59 Å². The predicted octanol–water partition coefficient (Wildman–Crippen LogP) is 0.766. The van der Waals surface area contributed by atoms with E-state index < -0.39 is 11.8 Å². The second-order valence-electron chi connectivity index (χ2n) is 4.53. The third-order valence-corrected chi connectivity index (χ3v) is 3.51. The van der Waals surface area contributed by atoms with Crippen LogP contribution in [-0.4, -0.2) is 48.9 Å². The lowest BCUT2D eigenvalue weighted by Gasteiger charge is -2.09. The summed E-state index contributed by atoms with van der Waals surface area (Å²) in [6.45, 7) is 5.14. The third kappa shape index (κ3) is 5.35. The average molecular weight is 284 g/mol. The first-order valence-electron chi connectivity index (χ1n) is 6.08. The Morgan fingerprint density at radius 2 is 1.95 bits per heavy atom. The summed E-state index contributed by atoms with van der Waals surface area (Å²) < 4.78 is 0. The first-order valence-corrected chi connectivity index (χ1v) is 6.89. The quantitative estimate of drug-likeness (QED) is 0.618. The van der Waals surface area contributed by atoms with Gasteiger partial charge in [-0.3, -0.25) is 14.9 Å². The molecule has 0 radical (unpaired) electrons. The van der Waals surface area contributed by atoms with Crippen LogP contribution >= 0.6 is 11.3 Å². The fourth-order valence-electron chi connectivity index (χ4n) is 1.36. The van der Waals surface area contributed by atoms with Crippen molar-refractivity contribution in [1.29, 1.82) is 0 Å². The molecule has 2 N–H and O–H groups in total. The van der Waals surface area contributed by atoms with E-state index in [2.05, 4.69) is 15.6 Å². The molecule has 1 aromatic heterocycles. The van der Waals surface area contributed by atoms with E-state index >= 15 is 0 Å². The molecule has 1 rings (SSSR count). The maximum atomic E-state index is 11.6. The van der Waals surface area contributed by atoms with Gasteiger partial charge in [-0.05, 0) is 40.9 Å². The molecule has 0 aliphatic rings. The van der Waals surface area contributed by atoms with Gasteiger partial charge in [0.05, 0.1) is 5.69 Å². The standard InChI is InChI=1S/C12H20N4O2S/c1-8-9(2)19-12(14-8)15-11(18)10(17)13-6-5-7-16(3)4/h5-7H2,1-4H3,(H,13,17)(H,14,15,18). The first kappa shape index (κ1) is 15.6. The smallest absolute Gasteiger partial charge is 0.315 e. The van der Waals surface area contributed by atoms with Crippen LogP contribution in [-0.2, 0) is 9.59 Å². The van der Waals surface area contributed by atoms with Crippen LogP contribution in [0.1, 0.15) is 17.0 Å². The van der Waals surface area contributed by atoms with Crippen molar-refractivity contribution in [2.24, 2.45) is 0 Å². The van der Waals surface area contributed by atoms with Crippen LogP contribution in [0.2, 0.25) is 0 Å². The number of aryl methyl sites for hydroxylation is 2. The van der Waals surface area contributed by atoms with Gasteiger partial charge in [-0.25, -0.2) is 4.98 Å². The molecule has 0 unspecified atom stereocenters. The minimum atomic E-state index is -0.668. The maximum absolute atomic E-state index is 11.6. The second-order valence-corrected chi connectivity index (χ2v) is 5.73. The van der Waals surface area contributed by atoms with E-state index in [0.717, 1.165) is 23.5 Å². The number of anilines is 1. The van der Waals surface area contributed by atoms with Gasteiger partial charge < -0.3 is 10.2 Å². The number of hydrogen-bond acceptors (Lipinski definition) is 5. The highest BCUT2D eigenvalue weighted by molar-refractivity contribution is 7.15. The molecule has 1 aromatic rings. The van der Waals surface area contributed by atoms with Gasteiger partial charge >= 0.3 is 11.8 Å². The molecule has 0 atom stereocenters. The van der Waals surface area contributed by atoms with Gasteiger partial charge in [0.1, 0.15) is 0 Å². The van der Waals surface area contributed by atoms with Gasteiger partial charge in [0.2, 0.25) is 0 Å². The zero-order chi connectivity index (χ0) is 14.4. The zero-order valence-electron chi connectivity index (χ0n) is 11.7. The summed E-state index contributed by atoms with van der Waals surface area (Å²) in [6.07, 6.45) is 0.807. The fraction of sp³-hybridized carbons (Fsp3) is 0.583. The second kappa shape index (κ2) is 7.20. The Labute approximate surface area is 117 Å². The molecule has 7 heteroatoms. The Bertz CT molecular complexity index is 437. The lowest BCUT2D eigenvalue weighted by Crippen LogP contribution is -2.36. The maximum Gasteiger partial charge on any atom is 0.315 e. The van der Waals surface area contributed by atoms with Crippen LogP contribution in [0, 0.1) is 13.8 Å². The van der Waals surface area contributed by atoms with Crippen LogP contribution in [0.15, 0.2) is 0 Å². The zero-order valence-corrected chi connectivity index (χ0v) is 12.6. The minimum absolute atomic E-state index is 0.462. The highest BCUT2D eigenvalue weighted by Gasteiger charge is 2.15. The predicted molar refractivity (Wildman–Crippen MR) is 76.4 cm³/mol. The summed E-state index contributed by atoms with van der Waals surface area (Å²) in [4.78, 5) is 30.3.